The smallest absolute Gasteiger partial charge is 0.130 e. The molecule has 2 heterocycles. The van der Waals surface area contributed by atoms with Crippen LogP contribution >= 0.6 is 34.8 Å². The average molecular weight is 433 g/mol. The van der Waals surface area contributed by atoms with Crippen molar-refractivity contribution >= 4 is 45.7 Å². The highest BCUT2D eigenvalue weighted by molar-refractivity contribution is 6.35. The molecule has 1 unspecified atom stereocenters. The van der Waals surface area contributed by atoms with Gasteiger partial charge in [0.15, 0.2) is 0 Å². The van der Waals surface area contributed by atoms with Crippen LogP contribution in [0.3, 0.4) is 0 Å². The van der Waals surface area contributed by atoms with E-state index in [1.165, 1.54) is 0 Å². The molecule has 1 atom stereocenters. The van der Waals surface area contributed by atoms with Crippen molar-refractivity contribution in [2.45, 2.75) is 19.3 Å². The van der Waals surface area contributed by atoms with E-state index in [0.717, 1.165) is 22.0 Å². The normalized spacial score (nSPS) is 12.4. The van der Waals surface area contributed by atoms with Crippen LogP contribution in [-0.2, 0) is 17.9 Å². The second kappa shape index (κ2) is 8.50. The van der Waals surface area contributed by atoms with Crippen LogP contribution in [0.15, 0.2) is 67.3 Å². The molecule has 0 bridgehead atoms. The van der Waals surface area contributed by atoms with Gasteiger partial charge < -0.3 is 9.30 Å². The number of pyridine rings is 1. The fraction of sp³-hybridized carbons (Fsp3) is 0.143. The van der Waals surface area contributed by atoms with Crippen molar-refractivity contribution in [2.24, 2.45) is 0 Å². The number of nitrogens with zero attached hydrogens (tertiary/aromatic N) is 3. The highest BCUT2D eigenvalue weighted by Gasteiger charge is 2.18. The molecule has 0 aliphatic rings. The molecule has 4 nitrogen and oxygen atoms in total. The van der Waals surface area contributed by atoms with E-state index in [1.807, 2.05) is 53.2 Å². The lowest BCUT2D eigenvalue weighted by molar-refractivity contribution is 0.0286. The third-order valence-corrected chi connectivity index (χ3v) is 5.21. The predicted octanol–water partition coefficient (Wildman–Crippen LogP) is 6.35. The van der Waals surface area contributed by atoms with Crippen LogP contribution in [0.25, 0.3) is 10.9 Å². The van der Waals surface area contributed by atoms with Crippen molar-refractivity contribution in [3.8, 4) is 0 Å². The third-order valence-electron chi connectivity index (χ3n) is 4.46. The van der Waals surface area contributed by atoms with Gasteiger partial charge in [0.1, 0.15) is 11.3 Å². The van der Waals surface area contributed by atoms with E-state index in [9.17, 15) is 0 Å². The first kappa shape index (κ1) is 19.2. The Kier molecular flexibility index (Phi) is 5.83. The molecule has 7 heteroatoms. The fourth-order valence-corrected chi connectivity index (χ4v) is 3.86. The minimum atomic E-state index is -0.287. The molecule has 0 saturated heterocycles. The van der Waals surface area contributed by atoms with Crippen LogP contribution in [0.5, 0.6) is 0 Å². The lowest BCUT2D eigenvalue weighted by Crippen LogP contribution is -2.13. The summed E-state index contributed by atoms with van der Waals surface area (Å²) in [5, 5.41) is 2.60. The Morgan fingerprint density at radius 1 is 1.04 bits per heavy atom. The van der Waals surface area contributed by atoms with Gasteiger partial charge in [-0.3, -0.25) is 0 Å². The van der Waals surface area contributed by atoms with E-state index in [1.54, 1.807) is 18.6 Å². The van der Waals surface area contributed by atoms with E-state index in [2.05, 4.69) is 9.97 Å². The largest absolute Gasteiger partial charge is 0.367 e. The van der Waals surface area contributed by atoms with Gasteiger partial charge in [-0.1, -0.05) is 59.1 Å². The predicted molar refractivity (Wildman–Crippen MR) is 113 cm³/mol. The molecule has 0 aliphatic carbocycles. The number of para-hydroxylation sites is 1. The second-order valence-electron chi connectivity index (χ2n) is 6.35. The summed E-state index contributed by atoms with van der Waals surface area (Å²) >= 11 is 18.7. The second-order valence-corrected chi connectivity index (χ2v) is 7.58. The first-order valence-electron chi connectivity index (χ1n) is 8.66. The van der Waals surface area contributed by atoms with Gasteiger partial charge in [0.25, 0.3) is 0 Å². The number of rotatable bonds is 6. The van der Waals surface area contributed by atoms with Crippen LogP contribution in [0, 0.1) is 0 Å². The summed E-state index contributed by atoms with van der Waals surface area (Å²) in [5.74, 6) is 0. The number of aromatic nitrogens is 3. The lowest BCUT2D eigenvalue weighted by Gasteiger charge is -2.21. The molecular weight excluding hydrogens is 417 g/mol. The molecule has 0 radical (unpaired) electrons. The van der Waals surface area contributed by atoms with Crippen LogP contribution in [0.2, 0.25) is 15.2 Å². The first-order chi connectivity index (χ1) is 13.6. The van der Waals surface area contributed by atoms with Gasteiger partial charge in [-0.2, -0.15) is 0 Å². The molecule has 0 saturated carbocycles. The number of benzene rings is 2. The summed E-state index contributed by atoms with van der Waals surface area (Å²) in [6.45, 7) is 0.930. The SMILES string of the molecule is Clc1ccc(C(Cn2ccnc2)OCc2cc(Cl)nc3ccccc23)c(Cl)c1. The van der Waals surface area contributed by atoms with Gasteiger partial charge in [0, 0.05) is 33.4 Å². The monoisotopic (exact) mass is 431 g/mol. The molecule has 142 valence electrons. The van der Waals surface area contributed by atoms with Crippen LogP contribution in [-0.4, -0.2) is 14.5 Å². The zero-order valence-electron chi connectivity index (χ0n) is 14.7. The fourth-order valence-electron chi connectivity index (χ4n) is 3.11. The molecule has 4 aromatic rings. The summed E-state index contributed by atoms with van der Waals surface area (Å²) in [6.07, 6.45) is 5.08. The van der Waals surface area contributed by atoms with Crippen LogP contribution in [0.4, 0.5) is 0 Å². The average Bonchev–Trinajstić information content (AvgIpc) is 3.18. The van der Waals surface area contributed by atoms with E-state index in [-0.39, 0.29) is 6.10 Å². The van der Waals surface area contributed by atoms with Crippen molar-refractivity contribution in [3.63, 3.8) is 0 Å². The maximum Gasteiger partial charge on any atom is 0.130 e. The van der Waals surface area contributed by atoms with Gasteiger partial charge in [0.05, 0.1) is 25.0 Å². The van der Waals surface area contributed by atoms with Gasteiger partial charge in [-0.05, 0) is 29.8 Å². The summed E-state index contributed by atoms with van der Waals surface area (Å²) in [6, 6.07) is 15.1. The number of ether oxygens (including phenoxy) is 1. The molecule has 28 heavy (non-hydrogen) atoms. The van der Waals surface area contributed by atoms with E-state index in [0.29, 0.717) is 28.4 Å². The Labute approximate surface area is 177 Å². The molecule has 2 aromatic carbocycles. The summed E-state index contributed by atoms with van der Waals surface area (Å²) in [4.78, 5) is 8.47. The number of hydrogen-bond acceptors (Lipinski definition) is 3. The summed E-state index contributed by atoms with van der Waals surface area (Å²) in [5.41, 5.74) is 2.67. The van der Waals surface area contributed by atoms with E-state index < -0.39 is 0 Å². The summed E-state index contributed by atoms with van der Waals surface area (Å²) < 4.78 is 8.26. The van der Waals surface area contributed by atoms with Crippen molar-refractivity contribution < 1.29 is 4.74 Å². The van der Waals surface area contributed by atoms with Crippen molar-refractivity contribution in [1.82, 2.24) is 14.5 Å². The van der Waals surface area contributed by atoms with Crippen molar-refractivity contribution in [1.29, 1.82) is 0 Å². The quantitative estimate of drug-likeness (QED) is 0.333. The number of fused-ring (bicyclic) bond motifs is 1. The lowest BCUT2D eigenvalue weighted by atomic mass is 10.1. The van der Waals surface area contributed by atoms with Gasteiger partial charge in [-0.15, -0.1) is 0 Å². The maximum absolute atomic E-state index is 6.45. The number of halogens is 3. The van der Waals surface area contributed by atoms with Gasteiger partial charge >= 0.3 is 0 Å². The van der Waals surface area contributed by atoms with Gasteiger partial charge in [0.2, 0.25) is 0 Å². The van der Waals surface area contributed by atoms with E-state index >= 15 is 0 Å². The highest BCUT2D eigenvalue weighted by Crippen LogP contribution is 2.31. The topological polar surface area (TPSA) is 39.9 Å². The molecule has 2 aromatic heterocycles. The Morgan fingerprint density at radius 2 is 1.89 bits per heavy atom. The third kappa shape index (κ3) is 4.31. The molecule has 0 aliphatic heterocycles. The van der Waals surface area contributed by atoms with Crippen molar-refractivity contribution in [3.05, 3.63) is 93.6 Å². The molecule has 0 spiro atoms. The first-order valence-corrected chi connectivity index (χ1v) is 9.80. The molecular formula is C21H16Cl3N3O. The number of hydrogen-bond donors (Lipinski definition) is 0. The molecule has 0 N–H and O–H groups in total. The van der Waals surface area contributed by atoms with Gasteiger partial charge in [-0.25, -0.2) is 9.97 Å². The zero-order chi connectivity index (χ0) is 19.5. The minimum Gasteiger partial charge on any atom is -0.367 e. The van der Waals surface area contributed by atoms with Crippen molar-refractivity contribution in [2.75, 3.05) is 0 Å². The Balaban J connectivity index is 1.65. The highest BCUT2D eigenvalue weighted by atomic mass is 35.5. The Morgan fingerprint density at radius 3 is 2.68 bits per heavy atom. The summed E-state index contributed by atoms with van der Waals surface area (Å²) in [7, 11) is 0. The zero-order valence-corrected chi connectivity index (χ0v) is 17.0. The van der Waals surface area contributed by atoms with Crippen LogP contribution < -0.4 is 0 Å². The molecule has 4 rings (SSSR count). The Hall–Kier alpha value is -2.11. The maximum atomic E-state index is 6.45. The molecule has 0 amide bonds. The standard InChI is InChI=1S/C21H16Cl3N3O/c22-15-5-6-17(18(23)10-15)20(11-27-8-7-25-13-27)28-12-14-9-21(24)26-19-4-2-1-3-16(14)19/h1-10,13,20H,11-12H2. The Bertz CT molecular complexity index is 1100. The molecule has 0 fully saturated rings. The number of imidazole rings is 1. The van der Waals surface area contributed by atoms with E-state index in [4.69, 9.17) is 39.5 Å². The minimum absolute atomic E-state index is 0.287. The van der Waals surface area contributed by atoms with Crippen LogP contribution in [0.1, 0.15) is 17.2 Å².